The number of benzene rings is 2. The number of amides is 1. The standard InChI is InChI=1S/C21H23NO6/c1-5-28-19-7-6-15(13(2)23)11-18(19)22-20(24)16-8-14(12-26-3)9-17(10-16)21(25)27-4/h6-11H,5,12H2,1-4H3,(H,22,24). The summed E-state index contributed by atoms with van der Waals surface area (Å²) < 4.78 is 15.4. The van der Waals surface area contributed by atoms with Crippen LogP contribution in [0.3, 0.4) is 0 Å². The molecule has 7 heteroatoms. The minimum Gasteiger partial charge on any atom is -0.492 e. The Bertz CT molecular complexity index is 890. The molecule has 1 N–H and O–H groups in total. The first kappa shape index (κ1) is 21.1. The van der Waals surface area contributed by atoms with Crippen LogP contribution in [0.25, 0.3) is 0 Å². The third-order valence-corrected chi connectivity index (χ3v) is 3.92. The molecular weight excluding hydrogens is 362 g/mol. The van der Waals surface area contributed by atoms with Crippen molar-refractivity contribution in [2.75, 3.05) is 26.1 Å². The van der Waals surface area contributed by atoms with E-state index in [2.05, 4.69) is 5.32 Å². The fourth-order valence-corrected chi connectivity index (χ4v) is 2.63. The van der Waals surface area contributed by atoms with Crippen molar-refractivity contribution in [2.24, 2.45) is 0 Å². The zero-order valence-electron chi connectivity index (χ0n) is 16.3. The van der Waals surface area contributed by atoms with Crippen molar-refractivity contribution in [2.45, 2.75) is 20.5 Å². The molecule has 2 rings (SSSR count). The van der Waals surface area contributed by atoms with Crippen LogP contribution in [0.2, 0.25) is 0 Å². The SMILES string of the molecule is CCOc1ccc(C(C)=O)cc1NC(=O)c1cc(COC)cc(C(=O)OC)c1. The highest BCUT2D eigenvalue weighted by Gasteiger charge is 2.16. The van der Waals surface area contributed by atoms with Gasteiger partial charge in [-0.15, -0.1) is 0 Å². The molecule has 28 heavy (non-hydrogen) atoms. The molecule has 0 saturated heterocycles. The summed E-state index contributed by atoms with van der Waals surface area (Å²) in [5.74, 6) is -0.693. The molecule has 0 aliphatic carbocycles. The van der Waals surface area contributed by atoms with E-state index in [4.69, 9.17) is 14.2 Å². The summed E-state index contributed by atoms with van der Waals surface area (Å²) in [7, 11) is 2.79. The van der Waals surface area contributed by atoms with Crippen molar-refractivity contribution in [1.82, 2.24) is 0 Å². The number of esters is 1. The van der Waals surface area contributed by atoms with Gasteiger partial charge in [0.05, 0.1) is 31.6 Å². The van der Waals surface area contributed by atoms with Crippen molar-refractivity contribution in [3.8, 4) is 5.75 Å². The highest BCUT2D eigenvalue weighted by Crippen LogP contribution is 2.27. The van der Waals surface area contributed by atoms with Crippen LogP contribution in [0, 0.1) is 0 Å². The summed E-state index contributed by atoms with van der Waals surface area (Å²) in [5.41, 5.74) is 1.96. The Labute approximate surface area is 163 Å². The highest BCUT2D eigenvalue weighted by molar-refractivity contribution is 6.07. The van der Waals surface area contributed by atoms with Gasteiger partial charge in [-0.2, -0.15) is 0 Å². The van der Waals surface area contributed by atoms with Crippen molar-refractivity contribution >= 4 is 23.3 Å². The van der Waals surface area contributed by atoms with Gasteiger partial charge in [0.15, 0.2) is 5.78 Å². The minimum atomic E-state index is -0.555. The van der Waals surface area contributed by atoms with Gasteiger partial charge < -0.3 is 19.5 Å². The molecule has 0 bridgehead atoms. The van der Waals surface area contributed by atoms with Crippen molar-refractivity contribution < 1.29 is 28.6 Å². The average Bonchev–Trinajstić information content (AvgIpc) is 2.68. The second-order valence-corrected chi connectivity index (χ2v) is 6.00. The molecule has 0 aromatic heterocycles. The first-order chi connectivity index (χ1) is 13.4. The number of nitrogens with one attached hydrogen (secondary N) is 1. The number of carbonyl (C=O) groups is 3. The van der Waals surface area contributed by atoms with Crippen LogP contribution in [0.5, 0.6) is 5.75 Å². The Morgan fingerprint density at radius 3 is 2.29 bits per heavy atom. The van der Waals surface area contributed by atoms with Crippen LogP contribution in [0.1, 0.15) is 50.5 Å². The number of rotatable bonds is 8. The van der Waals surface area contributed by atoms with Gasteiger partial charge in [-0.25, -0.2) is 4.79 Å². The third-order valence-electron chi connectivity index (χ3n) is 3.92. The van der Waals surface area contributed by atoms with E-state index in [0.29, 0.717) is 29.2 Å². The first-order valence-corrected chi connectivity index (χ1v) is 8.70. The third kappa shape index (κ3) is 5.17. The smallest absolute Gasteiger partial charge is 0.337 e. The van der Waals surface area contributed by atoms with Gasteiger partial charge >= 0.3 is 5.97 Å². The number of Topliss-reactive ketones (excluding diaryl/α,β-unsaturated/α-hetero) is 1. The topological polar surface area (TPSA) is 90.9 Å². The predicted molar refractivity (Wildman–Crippen MR) is 104 cm³/mol. The maximum absolute atomic E-state index is 12.8. The van der Waals surface area contributed by atoms with Gasteiger partial charge in [0, 0.05) is 18.2 Å². The predicted octanol–water partition coefficient (Wildman–Crippen LogP) is 3.47. The zero-order chi connectivity index (χ0) is 20.7. The summed E-state index contributed by atoms with van der Waals surface area (Å²) in [6, 6.07) is 9.50. The fraction of sp³-hybridized carbons (Fsp3) is 0.286. The Morgan fingerprint density at radius 1 is 0.964 bits per heavy atom. The molecule has 0 heterocycles. The molecule has 1 amide bonds. The lowest BCUT2D eigenvalue weighted by molar-refractivity contribution is 0.0600. The number of hydrogen-bond donors (Lipinski definition) is 1. The number of ketones is 1. The zero-order valence-corrected chi connectivity index (χ0v) is 16.3. The average molecular weight is 385 g/mol. The number of anilines is 1. The molecule has 0 aliphatic heterocycles. The van der Waals surface area contributed by atoms with Gasteiger partial charge in [-0.3, -0.25) is 9.59 Å². The van der Waals surface area contributed by atoms with Crippen LogP contribution in [0.4, 0.5) is 5.69 Å². The van der Waals surface area contributed by atoms with Crippen LogP contribution < -0.4 is 10.1 Å². The highest BCUT2D eigenvalue weighted by atomic mass is 16.5. The Hall–Kier alpha value is -3.19. The second kappa shape index (κ2) is 9.66. The monoisotopic (exact) mass is 385 g/mol. The molecule has 2 aromatic rings. The Morgan fingerprint density at radius 2 is 1.68 bits per heavy atom. The van der Waals surface area contributed by atoms with E-state index < -0.39 is 11.9 Å². The van der Waals surface area contributed by atoms with E-state index in [1.807, 2.05) is 6.92 Å². The number of carbonyl (C=O) groups excluding carboxylic acids is 3. The maximum atomic E-state index is 12.8. The van der Waals surface area contributed by atoms with E-state index in [1.54, 1.807) is 30.3 Å². The summed E-state index contributed by atoms with van der Waals surface area (Å²) in [5, 5.41) is 2.75. The summed E-state index contributed by atoms with van der Waals surface area (Å²) in [4.78, 5) is 36.4. The summed E-state index contributed by atoms with van der Waals surface area (Å²) in [6.07, 6.45) is 0. The molecule has 0 aliphatic rings. The molecule has 2 aromatic carbocycles. The second-order valence-electron chi connectivity index (χ2n) is 6.00. The van der Waals surface area contributed by atoms with Gasteiger partial charge in [0.2, 0.25) is 0 Å². The lowest BCUT2D eigenvalue weighted by Gasteiger charge is -2.14. The van der Waals surface area contributed by atoms with Crippen molar-refractivity contribution in [3.05, 3.63) is 58.7 Å². The van der Waals surface area contributed by atoms with Crippen LogP contribution >= 0.6 is 0 Å². The molecule has 148 valence electrons. The lowest BCUT2D eigenvalue weighted by Crippen LogP contribution is -2.15. The van der Waals surface area contributed by atoms with Crippen LogP contribution in [-0.4, -0.2) is 38.5 Å². The fourth-order valence-electron chi connectivity index (χ4n) is 2.63. The number of hydrogen-bond acceptors (Lipinski definition) is 6. The molecule has 0 spiro atoms. The molecule has 0 unspecified atom stereocenters. The summed E-state index contributed by atoms with van der Waals surface area (Å²) in [6.45, 7) is 3.90. The van der Waals surface area contributed by atoms with Gasteiger partial charge in [0.1, 0.15) is 5.75 Å². The van der Waals surface area contributed by atoms with Gasteiger partial charge in [-0.1, -0.05) is 0 Å². The Balaban J connectivity index is 2.41. The van der Waals surface area contributed by atoms with Crippen molar-refractivity contribution in [1.29, 1.82) is 0 Å². The number of ether oxygens (including phenoxy) is 3. The molecular formula is C21H23NO6. The van der Waals surface area contributed by atoms with E-state index in [9.17, 15) is 14.4 Å². The van der Waals surface area contributed by atoms with E-state index >= 15 is 0 Å². The Kier molecular flexibility index (Phi) is 7.28. The quantitative estimate of drug-likeness (QED) is 0.553. The first-order valence-electron chi connectivity index (χ1n) is 8.70. The van der Waals surface area contributed by atoms with Crippen LogP contribution in [-0.2, 0) is 16.1 Å². The number of methoxy groups -OCH3 is 2. The lowest BCUT2D eigenvalue weighted by atomic mass is 10.0. The van der Waals surface area contributed by atoms with E-state index in [1.165, 1.54) is 27.2 Å². The summed E-state index contributed by atoms with van der Waals surface area (Å²) >= 11 is 0. The molecule has 0 fully saturated rings. The largest absolute Gasteiger partial charge is 0.492 e. The molecule has 7 nitrogen and oxygen atoms in total. The van der Waals surface area contributed by atoms with Crippen molar-refractivity contribution in [3.63, 3.8) is 0 Å². The molecule has 0 atom stereocenters. The van der Waals surface area contributed by atoms with E-state index in [-0.39, 0.29) is 23.5 Å². The maximum Gasteiger partial charge on any atom is 0.337 e. The minimum absolute atomic E-state index is 0.131. The van der Waals surface area contributed by atoms with Crippen LogP contribution in [0.15, 0.2) is 36.4 Å². The van der Waals surface area contributed by atoms with E-state index in [0.717, 1.165) is 0 Å². The normalized spacial score (nSPS) is 10.3. The molecule has 0 radical (unpaired) electrons. The van der Waals surface area contributed by atoms with Gasteiger partial charge in [-0.05, 0) is 55.8 Å². The van der Waals surface area contributed by atoms with Gasteiger partial charge in [0.25, 0.3) is 5.91 Å². The molecule has 0 saturated carbocycles.